The normalized spacial score (nSPS) is 24.0. The summed E-state index contributed by atoms with van der Waals surface area (Å²) in [6, 6.07) is 0. The van der Waals surface area contributed by atoms with E-state index in [1.807, 2.05) is 0 Å². The number of hydrogen-bond acceptors (Lipinski definition) is 0. The van der Waals surface area contributed by atoms with E-state index in [9.17, 15) is 0 Å². The summed E-state index contributed by atoms with van der Waals surface area (Å²) in [5.41, 5.74) is 0. The minimum Gasteiger partial charge on any atom is -0.0885 e. The zero-order chi connectivity index (χ0) is 6.36. The summed E-state index contributed by atoms with van der Waals surface area (Å²) in [6.45, 7) is 0. The SMILES string of the molecule is C1=CCCC/C=C/CC1. The lowest BCUT2D eigenvalue weighted by atomic mass is 10.2. The Hall–Kier alpha value is -0.520. The first-order chi connectivity index (χ1) is 4.50. The van der Waals surface area contributed by atoms with Gasteiger partial charge in [-0.25, -0.2) is 0 Å². The molecule has 1 aliphatic rings. The quantitative estimate of drug-likeness (QED) is 0.433. The van der Waals surface area contributed by atoms with Crippen molar-refractivity contribution >= 4 is 0 Å². The molecule has 0 unspecified atom stereocenters. The average molecular weight is 122 g/mol. The topological polar surface area (TPSA) is 0 Å². The molecule has 0 aromatic carbocycles. The maximum absolute atomic E-state index is 2.30. The third-order valence-electron chi connectivity index (χ3n) is 1.57. The van der Waals surface area contributed by atoms with E-state index in [0.717, 1.165) is 0 Å². The number of hydrogen-bond donors (Lipinski definition) is 0. The van der Waals surface area contributed by atoms with Crippen molar-refractivity contribution in [1.29, 1.82) is 0 Å². The van der Waals surface area contributed by atoms with E-state index in [-0.39, 0.29) is 0 Å². The van der Waals surface area contributed by atoms with Crippen molar-refractivity contribution in [2.45, 2.75) is 32.1 Å². The molecule has 9 heavy (non-hydrogen) atoms. The highest BCUT2D eigenvalue weighted by Crippen LogP contribution is 2.04. The molecule has 0 aliphatic heterocycles. The molecule has 0 amide bonds. The summed E-state index contributed by atoms with van der Waals surface area (Å²) in [7, 11) is 0. The molecule has 0 atom stereocenters. The Balaban J connectivity index is 2.28. The second-order valence-corrected chi connectivity index (χ2v) is 2.45. The molecule has 0 aromatic heterocycles. The highest BCUT2D eigenvalue weighted by atomic mass is 13.9. The molecule has 0 radical (unpaired) electrons. The molecule has 0 nitrogen and oxygen atoms in total. The van der Waals surface area contributed by atoms with Gasteiger partial charge >= 0.3 is 0 Å². The van der Waals surface area contributed by atoms with Crippen molar-refractivity contribution in [3.05, 3.63) is 24.3 Å². The van der Waals surface area contributed by atoms with E-state index in [4.69, 9.17) is 0 Å². The summed E-state index contributed by atoms with van der Waals surface area (Å²) >= 11 is 0. The van der Waals surface area contributed by atoms with E-state index in [1.165, 1.54) is 32.1 Å². The van der Waals surface area contributed by atoms with Gasteiger partial charge in [-0.2, -0.15) is 0 Å². The minimum absolute atomic E-state index is 1.23. The number of rotatable bonds is 0. The lowest BCUT2D eigenvalue weighted by Crippen LogP contribution is -1.65. The van der Waals surface area contributed by atoms with Gasteiger partial charge in [-0.05, 0) is 32.1 Å². The molecule has 0 heteroatoms. The third-order valence-corrected chi connectivity index (χ3v) is 1.57. The predicted molar refractivity (Wildman–Crippen MR) is 41.4 cm³/mol. The average Bonchev–Trinajstić information content (AvgIpc) is 2.00. The molecule has 0 bridgehead atoms. The van der Waals surface area contributed by atoms with Crippen LogP contribution in [0.1, 0.15) is 32.1 Å². The molecule has 1 aliphatic carbocycles. The molecule has 0 spiro atoms. The van der Waals surface area contributed by atoms with Crippen LogP contribution in [0.5, 0.6) is 0 Å². The summed E-state index contributed by atoms with van der Waals surface area (Å²) in [6.07, 6.45) is 15.5. The highest BCUT2D eigenvalue weighted by Gasteiger charge is 1.83. The van der Waals surface area contributed by atoms with Crippen LogP contribution in [0.2, 0.25) is 0 Å². The van der Waals surface area contributed by atoms with Crippen LogP contribution in [0, 0.1) is 0 Å². The van der Waals surface area contributed by atoms with Crippen molar-refractivity contribution in [3.63, 3.8) is 0 Å². The standard InChI is InChI=1S/C9H14/c1-2-4-6-8-9-7-5-3-1/h1-2,7,9H,3-6,8H2/b2-1+,9-7?. The fraction of sp³-hybridized carbons (Fsp3) is 0.556. The van der Waals surface area contributed by atoms with Gasteiger partial charge < -0.3 is 0 Å². The van der Waals surface area contributed by atoms with Crippen molar-refractivity contribution in [3.8, 4) is 0 Å². The zero-order valence-electron chi connectivity index (χ0n) is 5.84. The van der Waals surface area contributed by atoms with E-state index >= 15 is 0 Å². The summed E-state index contributed by atoms with van der Waals surface area (Å²) in [5.74, 6) is 0. The van der Waals surface area contributed by atoms with Gasteiger partial charge in [0.05, 0.1) is 0 Å². The summed E-state index contributed by atoms with van der Waals surface area (Å²) < 4.78 is 0. The van der Waals surface area contributed by atoms with E-state index in [0.29, 0.717) is 0 Å². The van der Waals surface area contributed by atoms with Gasteiger partial charge in [0.25, 0.3) is 0 Å². The molecule has 1 rings (SSSR count). The van der Waals surface area contributed by atoms with Gasteiger partial charge in [-0.1, -0.05) is 24.3 Å². The van der Waals surface area contributed by atoms with Crippen molar-refractivity contribution in [1.82, 2.24) is 0 Å². The van der Waals surface area contributed by atoms with E-state index in [1.54, 1.807) is 0 Å². The fourth-order valence-electron chi connectivity index (χ4n) is 1.02. The Labute approximate surface area is 57.3 Å². The summed E-state index contributed by atoms with van der Waals surface area (Å²) in [5, 5.41) is 0. The monoisotopic (exact) mass is 122 g/mol. The first-order valence-electron chi connectivity index (χ1n) is 3.80. The Morgan fingerprint density at radius 2 is 1.00 bits per heavy atom. The maximum Gasteiger partial charge on any atom is -0.0316 e. The Kier molecular flexibility index (Phi) is 3.20. The second kappa shape index (κ2) is 4.37. The van der Waals surface area contributed by atoms with Crippen molar-refractivity contribution in [2.75, 3.05) is 0 Å². The van der Waals surface area contributed by atoms with Crippen LogP contribution < -0.4 is 0 Å². The molecular formula is C9H14. The lowest BCUT2D eigenvalue weighted by Gasteiger charge is -1.85. The van der Waals surface area contributed by atoms with Crippen LogP contribution in [0.25, 0.3) is 0 Å². The molecule has 0 aromatic rings. The predicted octanol–water partition coefficient (Wildman–Crippen LogP) is 3.06. The minimum atomic E-state index is 1.23. The van der Waals surface area contributed by atoms with E-state index in [2.05, 4.69) is 24.3 Å². The molecule has 0 saturated carbocycles. The molecule has 0 fully saturated rings. The van der Waals surface area contributed by atoms with Gasteiger partial charge in [0, 0.05) is 0 Å². The van der Waals surface area contributed by atoms with Crippen LogP contribution in [0.4, 0.5) is 0 Å². The largest absolute Gasteiger partial charge is 0.0885 e. The molecule has 0 saturated heterocycles. The Morgan fingerprint density at radius 1 is 0.556 bits per heavy atom. The molecular weight excluding hydrogens is 108 g/mol. The smallest absolute Gasteiger partial charge is 0.0316 e. The van der Waals surface area contributed by atoms with Crippen molar-refractivity contribution in [2.24, 2.45) is 0 Å². The first-order valence-corrected chi connectivity index (χ1v) is 3.80. The lowest BCUT2D eigenvalue weighted by molar-refractivity contribution is 0.868. The zero-order valence-corrected chi connectivity index (χ0v) is 5.84. The molecule has 50 valence electrons. The van der Waals surface area contributed by atoms with Gasteiger partial charge in [0.1, 0.15) is 0 Å². The first kappa shape index (κ1) is 6.60. The van der Waals surface area contributed by atoms with Gasteiger partial charge in [-0.15, -0.1) is 0 Å². The van der Waals surface area contributed by atoms with Crippen LogP contribution in [-0.2, 0) is 0 Å². The van der Waals surface area contributed by atoms with Crippen LogP contribution >= 0.6 is 0 Å². The van der Waals surface area contributed by atoms with E-state index < -0.39 is 0 Å². The molecule has 0 N–H and O–H groups in total. The maximum atomic E-state index is 2.30. The Morgan fingerprint density at radius 3 is 1.56 bits per heavy atom. The summed E-state index contributed by atoms with van der Waals surface area (Å²) in [4.78, 5) is 0. The molecule has 0 heterocycles. The Bertz CT molecular complexity index is 95.2. The number of allylic oxidation sites excluding steroid dienone is 4. The third kappa shape index (κ3) is 3.12. The van der Waals surface area contributed by atoms with Crippen LogP contribution in [-0.4, -0.2) is 0 Å². The van der Waals surface area contributed by atoms with Gasteiger partial charge in [0.2, 0.25) is 0 Å². The highest BCUT2D eigenvalue weighted by molar-refractivity contribution is 4.90. The fourth-order valence-corrected chi connectivity index (χ4v) is 1.02. The van der Waals surface area contributed by atoms with Crippen LogP contribution in [0.15, 0.2) is 24.3 Å². The van der Waals surface area contributed by atoms with Gasteiger partial charge in [-0.3, -0.25) is 0 Å². The second-order valence-electron chi connectivity index (χ2n) is 2.45. The van der Waals surface area contributed by atoms with Crippen LogP contribution in [0.3, 0.4) is 0 Å². The van der Waals surface area contributed by atoms with Gasteiger partial charge in [0.15, 0.2) is 0 Å². The van der Waals surface area contributed by atoms with Crippen molar-refractivity contribution < 1.29 is 0 Å².